The maximum atomic E-state index is 13.9. The molecular formula is C28H31N3O3S. The Balaban J connectivity index is 1.35. The van der Waals surface area contributed by atoms with Crippen molar-refractivity contribution in [1.29, 1.82) is 0 Å². The third-order valence-electron chi connectivity index (χ3n) is 7.09. The molecule has 35 heavy (non-hydrogen) atoms. The van der Waals surface area contributed by atoms with Gasteiger partial charge in [-0.2, -0.15) is 0 Å². The SMILES string of the molecule is COc1ccc(N2CCN(C(=O)C3CCC(=O)N(c4ccc(C)cc4)C3c3cccs3)CC2)cc1. The molecule has 0 aliphatic carbocycles. The minimum Gasteiger partial charge on any atom is -0.497 e. The maximum Gasteiger partial charge on any atom is 0.228 e. The predicted molar refractivity (Wildman–Crippen MR) is 140 cm³/mol. The topological polar surface area (TPSA) is 53.1 Å². The first-order valence-corrected chi connectivity index (χ1v) is 13.0. The summed E-state index contributed by atoms with van der Waals surface area (Å²) < 4.78 is 5.27. The number of hydrogen-bond acceptors (Lipinski definition) is 5. The number of benzene rings is 2. The average Bonchev–Trinajstić information content (AvgIpc) is 3.44. The van der Waals surface area contributed by atoms with Crippen LogP contribution < -0.4 is 14.5 Å². The summed E-state index contributed by atoms with van der Waals surface area (Å²) >= 11 is 1.62. The number of hydrogen-bond donors (Lipinski definition) is 0. The number of methoxy groups -OCH3 is 1. The number of aryl methyl sites for hydroxylation is 1. The molecule has 3 heterocycles. The van der Waals surface area contributed by atoms with Crippen molar-refractivity contribution in [3.63, 3.8) is 0 Å². The summed E-state index contributed by atoms with van der Waals surface area (Å²) in [5, 5.41) is 2.02. The lowest BCUT2D eigenvalue weighted by molar-refractivity contribution is -0.138. The van der Waals surface area contributed by atoms with Gasteiger partial charge in [0.1, 0.15) is 5.75 Å². The lowest BCUT2D eigenvalue weighted by Gasteiger charge is -2.43. The quantitative estimate of drug-likeness (QED) is 0.512. The van der Waals surface area contributed by atoms with Gasteiger partial charge in [0.15, 0.2) is 0 Å². The molecule has 2 aliphatic heterocycles. The predicted octanol–water partition coefficient (Wildman–Crippen LogP) is 4.90. The number of piperidine rings is 1. The molecule has 2 atom stereocenters. The van der Waals surface area contributed by atoms with Crippen molar-refractivity contribution in [2.75, 3.05) is 43.1 Å². The normalized spacial score (nSPS) is 20.7. The lowest BCUT2D eigenvalue weighted by atomic mass is 9.85. The van der Waals surface area contributed by atoms with Crippen LogP contribution in [0, 0.1) is 12.8 Å². The molecule has 1 aromatic heterocycles. The van der Waals surface area contributed by atoms with Crippen LogP contribution in [0.2, 0.25) is 0 Å². The van der Waals surface area contributed by atoms with Crippen LogP contribution >= 0.6 is 11.3 Å². The van der Waals surface area contributed by atoms with Crippen LogP contribution in [0.3, 0.4) is 0 Å². The van der Waals surface area contributed by atoms with Crippen LogP contribution in [0.1, 0.15) is 29.3 Å². The van der Waals surface area contributed by atoms with Crippen LogP contribution in [0.15, 0.2) is 66.0 Å². The zero-order chi connectivity index (χ0) is 24.4. The number of anilines is 2. The largest absolute Gasteiger partial charge is 0.497 e. The summed E-state index contributed by atoms with van der Waals surface area (Å²) in [6, 6.07) is 19.9. The third kappa shape index (κ3) is 4.78. The number of amides is 2. The summed E-state index contributed by atoms with van der Waals surface area (Å²) in [6.45, 7) is 4.97. The van der Waals surface area contributed by atoms with Gasteiger partial charge in [-0.3, -0.25) is 9.59 Å². The van der Waals surface area contributed by atoms with E-state index < -0.39 is 0 Å². The summed E-state index contributed by atoms with van der Waals surface area (Å²) in [5.41, 5.74) is 3.15. The summed E-state index contributed by atoms with van der Waals surface area (Å²) in [6.07, 6.45) is 0.971. The van der Waals surface area contributed by atoms with E-state index in [1.807, 2.05) is 64.6 Å². The van der Waals surface area contributed by atoms with Crippen molar-refractivity contribution in [1.82, 2.24) is 4.90 Å². The van der Waals surface area contributed by atoms with Crippen molar-refractivity contribution >= 4 is 34.5 Å². The zero-order valence-corrected chi connectivity index (χ0v) is 21.0. The lowest BCUT2D eigenvalue weighted by Crippen LogP contribution is -2.54. The van der Waals surface area contributed by atoms with Crippen molar-refractivity contribution in [2.24, 2.45) is 5.92 Å². The standard InChI is InChI=1S/C28H31N3O3S/c1-20-5-7-22(8-6-20)31-26(32)14-13-24(27(31)25-4-3-19-35-25)28(33)30-17-15-29(16-18-30)21-9-11-23(34-2)12-10-21/h3-12,19,24,27H,13-18H2,1-2H3. The summed E-state index contributed by atoms with van der Waals surface area (Å²) in [7, 11) is 1.67. The minimum absolute atomic E-state index is 0.0839. The molecule has 0 saturated carbocycles. The Hall–Kier alpha value is -3.32. The zero-order valence-electron chi connectivity index (χ0n) is 20.2. The first-order valence-electron chi connectivity index (χ1n) is 12.1. The second-order valence-corrected chi connectivity index (χ2v) is 10.2. The van der Waals surface area contributed by atoms with E-state index in [0.29, 0.717) is 25.9 Å². The molecular weight excluding hydrogens is 458 g/mol. The fraction of sp³-hybridized carbons (Fsp3) is 0.357. The molecule has 6 nitrogen and oxygen atoms in total. The van der Waals surface area contributed by atoms with E-state index in [4.69, 9.17) is 4.74 Å². The van der Waals surface area contributed by atoms with E-state index in [-0.39, 0.29) is 23.8 Å². The Morgan fingerprint density at radius 3 is 2.26 bits per heavy atom. The van der Waals surface area contributed by atoms with Gasteiger partial charge in [-0.05, 0) is 61.2 Å². The molecule has 2 aromatic carbocycles. The molecule has 0 N–H and O–H groups in total. The number of carbonyl (C=O) groups is 2. The smallest absolute Gasteiger partial charge is 0.228 e. The molecule has 182 valence electrons. The number of piperazine rings is 1. The van der Waals surface area contributed by atoms with Crippen molar-refractivity contribution < 1.29 is 14.3 Å². The fourth-order valence-corrected chi connectivity index (χ4v) is 6.04. The van der Waals surface area contributed by atoms with Crippen LogP contribution in [0.25, 0.3) is 0 Å². The van der Waals surface area contributed by atoms with E-state index in [2.05, 4.69) is 23.1 Å². The number of ether oxygens (including phenoxy) is 1. The molecule has 7 heteroatoms. The van der Waals surface area contributed by atoms with Gasteiger partial charge >= 0.3 is 0 Å². The van der Waals surface area contributed by atoms with Crippen LogP contribution in [0.4, 0.5) is 11.4 Å². The van der Waals surface area contributed by atoms with Gasteiger partial charge in [0, 0.05) is 48.9 Å². The average molecular weight is 490 g/mol. The molecule has 2 amide bonds. The van der Waals surface area contributed by atoms with Gasteiger partial charge in [0.05, 0.1) is 19.1 Å². The van der Waals surface area contributed by atoms with Gasteiger partial charge in [0.2, 0.25) is 11.8 Å². The third-order valence-corrected chi connectivity index (χ3v) is 8.03. The first kappa shape index (κ1) is 23.4. The molecule has 2 aliphatic rings. The molecule has 3 aromatic rings. The van der Waals surface area contributed by atoms with Gasteiger partial charge in [-0.15, -0.1) is 11.3 Å². The van der Waals surface area contributed by atoms with Crippen LogP contribution in [-0.2, 0) is 9.59 Å². The highest BCUT2D eigenvalue weighted by molar-refractivity contribution is 7.10. The highest BCUT2D eigenvalue weighted by Gasteiger charge is 2.43. The van der Waals surface area contributed by atoms with E-state index in [1.165, 1.54) is 0 Å². The van der Waals surface area contributed by atoms with Gasteiger partial charge in [0.25, 0.3) is 0 Å². The molecule has 5 rings (SSSR count). The highest BCUT2D eigenvalue weighted by Crippen LogP contribution is 2.42. The molecule has 0 spiro atoms. The Morgan fingerprint density at radius 1 is 0.943 bits per heavy atom. The van der Waals surface area contributed by atoms with E-state index >= 15 is 0 Å². The number of carbonyl (C=O) groups excluding carboxylic acids is 2. The monoisotopic (exact) mass is 489 g/mol. The van der Waals surface area contributed by atoms with Crippen LogP contribution in [0.5, 0.6) is 5.75 Å². The summed E-state index contributed by atoms with van der Waals surface area (Å²) in [5.74, 6) is 0.829. The Kier molecular flexibility index (Phi) is 6.77. The Morgan fingerprint density at radius 2 is 1.63 bits per heavy atom. The van der Waals surface area contributed by atoms with Crippen molar-refractivity contribution in [2.45, 2.75) is 25.8 Å². The highest BCUT2D eigenvalue weighted by atomic mass is 32.1. The maximum absolute atomic E-state index is 13.9. The van der Waals surface area contributed by atoms with Gasteiger partial charge in [-0.1, -0.05) is 23.8 Å². The molecule has 0 bridgehead atoms. The molecule has 2 saturated heterocycles. The van der Waals surface area contributed by atoms with E-state index in [1.54, 1.807) is 18.4 Å². The number of nitrogens with zero attached hydrogens (tertiary/aromatic N) is 3. The second-order valence-electron chi connectivity index (χ2n) is 9.22. The Bertz CT molecular complexity index is 1150. The van der Waals surface area contributed by atoms with Gasteiger partial charge in [-0.25, -0.2) is 0 Å². The second kappa shape index (κ2) is 10.1. The van der Waals surface area contributed by atoms with E-state index in [0.717, 1.165) is 40.7 Å². The molecule has 2 unspecified atom stereocenters. The van der Waals surface area contributed by atoms with E-state index in [9.17, 15) is 9.59 Å². The Labute approximate surface area is 210 Å². The summed E-state index contributed by atoms with van der Waals surface area (Å²) in [4.78, 5) is 34.3. The minimum atomic E-state index is -0.272. The fourth-order valence-electron chi connectivity index (χ4n) is 5.16. The first-order chi connectivity index (χ1) is 17.0. The van der Waals surface area contributed by atoms with Crippen molar-refractivity contribution in [3.8, 4) is 5.75 Å². The number of rotatable bonds is 5. The van der Waals surface area contributed by atoms with Crippen molar-refractivity contribution in [3.05, 3.63) is 76.5 Å². The van der Waals surface area contributed by atoms with Gasteiger partial charge < -0.3 is 19.4 Å². The number of thiophene rings is 1. The molecule has 2 fully saturated rings. The van der Waals surface area contributed by atoms with Crippen LogP contribution in [-0.4, -0.2) is 50.0 Å². The molecule has 0 radical (unpaired) electrons.